The highest BCUT2D eigenvalue weighted by Crippen LogP contribution is 1.92. The second-order valence-corrected chi connectivity index (χ2v) is 1.86. The molecule has 0 saturated carbocycles. The number of carboxylic acids is 1. The summed E-state index contributed by atoms with van der Waals surface area (Å²) >= 11 is 0. The molecule has 0 rings (SSSR count). The normalized spacial score (nSPS) is 9.91. The van der Waals surface area contributed by atoms with Crippen LogP contribution in [0.15, 0.2) is 12.2 Å². The Kier molecular flexibility index (Phi) is 4.81. The van der Waals surface area contributed by atoms with Crippen molar-refractivity contribution >= 4 is 11.9 Å². The van der Waals surface area contributed by atoms with Crippen LogP contribution in [0.25, 0.3) is 0 Å². The first-order valence-corrected chi connectivity index (χ1v) is 3.13. The number of allylic oxidation sites excluding steroid dienone is 1. The molecule has 0 aliphatic heterocycles. The number of methoxy groups -OCH3 is 1. The average molecular weight is 158 g/mol. The summed E-state index contributed by atoms with van der Waals surface area (Å²) < 4.78 is 4.34. The monoisotopic (exact) mass is 158 g/mol. The van der Waals surface area contributed by atoms with Crippen LogP contribution in [0.1, 0.15) is 12.8 Å². The number of aliphatic carboxylic acids is 1. The Morgan fingerprint density at radius 1 is 1.55 bits per heavy atom. The van der Waals surface area contributed by atoms with Crippen LogP contribution in [-0.2, 0) is 14.3 Å². The largest absolute Gasteiger partial charge is 0.478 e. The molecule has 0 amide bonds. The smallest absolute Gasteiger partial charge is 0.327 e. The first kappa shape index (κ1) is 9.68. The van der Waals surface area contributed by atoms with Gasteiger partial charge in [-0.2, -0.15) is 0 Å². The SMILES string of the molecule is COC(=O)CCC=CC(=O)O. The van der Waals surface area contributed by atoms with E-state index in [9.17, 15) is 9.59 Å². The highest BCUT2D eigenvalue weighted by atomic mass is 16.5. The first-order valence-electron chi connectivity index (χ1n) is 3.13. The van der Waals surface area contributed by atoms with Gasteiger partial charge in [0.2, 0.25) is 0 Å². The van der Waals surface area contributed by atoms with E-state index >= 15 is 0 Å². The van der Waals surface area contributed by atoms with Crippen molar-refractivity contribution in [1.82, 2.24) is 0 Å². The number of rotatable bonds is 4. The average Bonchev–Trinajstić information content (AvgIpc) is 1.97. The summed E-state index contributed by atoms with van der Waals surface area (Å²) in [6.07, 6.45) is 3.04. The standard InChI is InChI=1S/C7H10O4/c1-11-7(10)5-3-2-4-6(8)9/h2,4H,3,5H2,1H3,(H,8,9). The summed E-state index contributed by atoms with van der Waals surface area (Å²) in [6, 6.07) is 0. The van der Waals surface area contributed by atoms with Gasteiger partial charge in [0.15, 0.2) is 0 Å². The van der Waals surface area contributed by atoms with Crippen molar-refractivity contribution in [2.24, 2.45) is 0 Å². The molecule has 62 valence electrons. The lowest BCUT2D eigenvalue weighted by molar-refractivity contribution is -0.140. The van der Waals surface area contributed by atoms with E-state index in [0.29, 0.717) is 6.42 Å². The zero-order valence-electron chi connectivity index (χ0n) is 6.24. The van der Waals surface area contributed by atoms with Gasteiger partial charge in [0.25, 0.3) is 0 Å². The van der Waals surface area contributed by atoms with Gasteiger partial charge in [0.1, 0.15) is 0 Å². The number of esters is 1. The third kappa shape index (κ3) is 6.57. The molecule has 0 spiro atoms. The molecule has 0 atom stereocenters. The van der Waals surface area contributed by atoms with Gasteiger partial charge in [-0.15, -0.1) is 0 Å². The molecule has 0 bridgehead atoms. The fraction of sp³-hybridized carbons (Fsp3) is 0.429. The van der Waals surface area contributed by atoms with Gasteiger partial charge in [-0.3, -0.25) is 4.79 Å². The Morgan fingerprint density at radius 2 is 2.18 bits per heavy atom. The molecule has 0 aromatic carbocycles. The van der Waals surface area contributed by atoms with Gasteiger partial charge >= 0.3 is 11.9 Å². The van der Waals surface area contributed by atoms with Crippen molar-refractivity contribution in [1.29, 1.82) is 0 Å². The molecule has 0 heterocycles. The van der Waals surface area contributed by atoms with Gasteiger partial charge in [0, 0.05) is 12.5 Å². The third-order valence-electron chi connectivity index (χ3n) is 1.00. The summed E-state index contributed by atoms with van der Waals surface area (Å²) in [5.41, 5.74) is 0. The Hall–Kier alpha value is -1.32. The molecule has 11 heavy (non-hydrogen) atoms. The van der Waals surface area contributed by atoms with Gasteiger partial charge in [-0.1, -0.05) is 6.08 Å². The quantitative estimate of drug-likeness (QED) is 0.480. The van der Waals surface area contributed by atoms with Gasteiger partial charge < -0.3 is 9.84 Å². The molecule has 0 saturated heterocycles. The predicted octanol–water partition coefficient (Wildman–Crippen LogP) is 0.580. The van der Waals surface area contributed by atoms with Crippen LogP contribution in [0.2, 0.25) is 0 Å². The van der Waals surface area contributed by atoms with Crippen LogP contribution < -0.4 is 0 Å². The van der Waals surface area contributed by atoms with Crippen molar-refractivity contribution in [2.75, 3.05) is 7.11 Å². The Balaban J connectivity index is 3.41. The first-order chi connectivity index (χ1) is 5.16. The molecule has 0 aromatic heterocycles. The summed E-state index contributed by atoms with van der Waals surface area (Å²) in [4.78, 5) is 20.4. The number of carboxylic acid groups (broad SMARTS) is 1. The molecular formula is C7H10O4. The molecule has 0 radical (unpaired) electrons. The minimum Gasteiger partial charge on any atom is -0.478 e. The van der Waals surface area contributed by atoms with Crippen LogP contribution in [0.4, 0.5) is 0 Å². The zero-order valence-corrected chi connectivity index (χ0v) is 6.24. The molecule has 0 aromatic rings. The fourth-order valence-electron chi connectivity index (χ4n) is 0.487. The Labute approximate surface area is 64.5 Å². The van der Waals surface area contributed by atoms with Crippen molar-refractivity contribution in [3.63, 3.8) is 0 Å². The maximum Gasteiger partial charge on any atom is 0.327 e. The predicted molar refractivity (Wildman–Crippen MR) is 38.0 cm³/mol. The number of carbonyl (C=O) groups excluding carboxylic acids is 1. The second-order valence-electron chi connectivity index (χ2n) is 1.86. The van der Waals surface area contributed by atoms with E-state index in [-0.39, 0.29) is 12.4 Å². The van der Waals surface area contributed by atoms with Crippen LogP contribution in [0, 0.1) is 0 Å². The molecule has 0 aliphatic carbocycles. The van der Waals surface area contributed by atoms with E-state index in [1.54, 1.807) is 0 Å². The van der Waals surface area contributed by atoms with E-state index in [1.807, 2.05) is 0 Å². The zero-order chi connectivity index (χ0) is 8.69. The summed E-state index contributed by atoms with van der Waals surface area (Å²) in [5, 5.41) is 8.13. The fourth-order valence-corrected chi connectivity index (χ4v) is 0.487. The highest BCUT2D eigenvalue weighted by Gasteiger charge is 1.95. The van der Waals surface area contributed by atoms with Crippen LogP contribution >= 0.6 is 0 Å². The van der Waals surface area contributed by atoms with Crippen LogP contribution in [-0.4, -0.2) is 24.2 Å². The molecular weight excluding hydrogens is 148 g/mol. The summed E-state index contributed by atoms with van der Waals surface area (Å²) in [5.74, 6) is -1.34. The lowest BCUT2D eigenvalue weighted by Crippen LogP contribution is -1.98. The minimum absolute atomic E-state index is 0.222. The van der Waals surface area contributed by atoms with Crippen molar-refractivity contribution < 1.29 is 19.4 Å². The van der Waals surface area contributed by atoms with E-state index in [0.717, 1.165) is 6.08 Å². The van der Waals surface area contributed by atoms with Gasteiger partial charge in [-0.05, 0) is 6.42 Å². The van der Waals surface area contributed by atoms with E-state index in [2.05, 4.69) is 4.74 Å². The maximum atomic E-state index is 10.5. The molecule has 1 N–H and O–H groups in total. The van der Waals surface area contributed by atoms with Crippen molar-refractivity contribution in [3.05, 3.63) is 12.2 Å². The lowest BCUT2D eigenvalue weighted by atomic mass is 10.3. The van der Waals surface area contributed by atoms with Crippen LogP contribution in [0.3, 0.4) is 0 Å². The highest BCUT2D eigenvalue weighted by molar-refractivity contribution is 5.79. The topological polar surface area (TPSA) is 63.6 Å². The number of hydrogen-bond donors (Lipinski definition) is 1. The molecule has 0 aliphatic rings. The van der Waals surface area contributed by atoms with Gasteiger partial charge in [-0.25, -0.2) is 4.79 Å². The van der Waals surface area contributed by atoms with E-state index in [4.69, 9.17) is 5.11 Å². The third-order valence-corrected chi connectivity index (χ3v) is 1.00. The molecule has 0 fully saturated rings. The summed E-state index contributed by atoms with van der Waals surface area (Å²) in [7, 11) is 1.29. The molecule has 0 unspecified atom stereocenters. The Morgan fingerprint density at radius 3 is 2.64 bits per heavy atom. The van der Waals surface area contributed by atoms with Crippen molar-refractivity contribution in [3.8, 4) is 0 Å². The van der Waals surface area contributed by atoms with E-state index in [1.165, 1.54) is 13.2 Å². The second kappa shape index (κ2) is 5.46. The van der Waals surface area contributed by atoms with Crippen molar-refractivity contribution in [2.45, 2.75) is 12.8 Å². The Bertz CT molecular complexity index is 171. The van der Waals surface area contributed by atoms with Gasteiger partial charge in [0.05, 0.1) is 7.11 Å². The van der Waals surface area contributed by atoms with E-state index < -0.39 is 5.97 Å². The number of carbonyl (C=O) groups is 2. The number of hydrogen-bond acceptors (Lipinski definition) is 3. The minimum atomic E-state index is -1.00. The number of ether oxygens (including phenoxy) is 1. The summed E-state index contributed by atoms with van der Waals surface area (Å²) in [6.45, 7) is 0. The lowest BCUT2D eigenvalue weighted by Gasteiger charge is -1.92. The van der Waals surface area contributed by atoms with Crippen LogP contribution in [0.5, 0.6) is 0 Å². The maximum absolute atomic E-state index is 10.5. The molecule has 4 heteroatoms. The molecule has 4 nitrogen and oxygen atoms in total.